The van der Waals surface area contributed by atoms with Gasteiger partial charge < -0.3 is 15.7 Å². The summed E-state index contributed by atoms with van der Waals surface area (Å²) in [6, 6.07) is 0.00800. The summed E-state index contributed by atoms with van der Waals surface area (Å²) in [5.41, 5.74) is 0.0665. The van der Waals surface area contributed by atoms with Gasteiger partial charge in [0.15, 0.2) is 0 Å². The van der Waals surface area contributed by atoms with Crippen molar-refractivity contribution in [1.29, 1.82) is 0 Å². The molecule has 0 aromatic heterocycles. The van der Waals surface area contributed by atoms with Crippen molar-refractivity contribution in [2.24, 2.45) is 5.41 Å². The molecule has 1 amide bonds. The van der Waals surface area contributed by atoms with E-state index in [0.717, 1.165) is 32.2 Å². The van der Waals surface area contributed by atoms with Crippen LogP contribution in [0.1, 0.15) is 39.5 Å². The lowest BCUT2D eigenvalue weighted by Gasteiger charge is -2.25. The molecule has 1 unspecified atom stereocenters. The molecule has 16 heavy (non-hydrogen) atoms. The molecule has 0 saturated carbocycles. The van der Waals surface area contributed by atoms with Crippen molar-refractivity contribution >= 4 is 5.91 Å². The first kappa shape index (κ1) is 13.5. The van der Waals surface area contributed by atoms with E-state index in [9.17, 15) is 4.79 Å². The lowest BCUT2D eigenvalue weighted by molar-refractivity contribution is -0.123. The summed E-state index contributed by atoms with van der Waals surface area (Å²) >= 11 is 0. The van der Waals surface area contributed by atoms with Gasteiger partial charge in [0.1, 0.15) is 0 Å². The normalized spacial score (nSPS) is 21.1. The van der Waals surface area contributed by atoms with Crippen LogP contribution in [0.25, 0.3) is 0 Å². The van der Waals surface area contributed by atoms with Crippen LogP contribution >= 0.6 is 0 Å². The predicted octanol–water partition coefficient (Wildman–Crippen LogP) is 0.653. The second-order valence-electron chi connectivity index (χ2n) is 5.36. The molecular formula is C12H24N2O2. The number of aliphatic hydroxyl groups excluding tert-OH is 1. The minimum Gasteiger partial charge on any atom is -0.396 e. The molecule has 94 valence electrons. The summed E-state index contributed by atoms with van der Waals surface area (Å²) in [6.07, 6.45) is 3.77. The fourth-order valence-corrected chi connectivity index (χ4v) is 2.00. The van der Waals surface area contributed by atoms with E-state index in [1.54, 1.807) is 0 Å². The predicted molar refractivity (Wildman–Crippen MR) is 64.1 cm³/mol. The number of carbonyl (C=O) groups is 1. The molecule has 0 radical (unpaired) electrons. The summed E-state index contributed by atoms with van der Waals surface area (Å²) in [5, 5.41) is 15.0. The van der Waals surface area contributed by atoms with Gasteiger partial charge in [-0.3, -0.25) is 4.79 Å². The van der Waals surface area contributed by atoms with Gasteiger partial charge in [0, 0.05) is 13.2 Å². The van der Waals surface area contributed by atoms with Crippen LogP contribution in [-0.2, 0) is 4.79 Å². The smallest absolute Gasteiger partial charge is 0.237 e. The third kappa shape index (κ3) is 4.49. The molecule has 1 aliphatic heterocycles. The monoisotopic (exact) mass is 228 g/mol. The number of rotatable bonds is 6. The van der Waals surface area contributed by atoms with Gasteiger partial charge in [-0.25, -0.2) is 0 Å². The quantitative estimate of drug-likeness (QED) is 0.625. The van der Waals surface area contributed by atoms with E-state index in [-0.39, 0.29) is 24.0 Å². The minimum absolute atomic E-state index is 0.00800. The van der Waals surface area contributed by atoms with Crippen molar-refractivity contribution in [2.75, 3.05) is 19.7 Å². The first-order valence-electron chi connectivity index (χ1n) is 6.17. The maximum Gasteiger partial charge on any atom is 0.237 e. The highest BCUT2D eigenvalue weighted by Crippen LogP contribution is 2.20. The van der Waals surface area contributed by atoms with Crippen LogP contribution in [0.15, 0.2) is 0 Å². The second kappa shape index (κ2) is 6.21. The molecule has 1 fully saturated rings. The van der Waals surface area contributed by atoms with Crippen molar-refractivity contribution in [2.45, 2.75) is 45.6 Å². The van der Waals surface area contributed by atoms with Crippen LogP contribution in [0.2, 0.25) is 0 Å². The molecule has 1 atom stereocenters. The van der Waals surface area contributed by atoms with Crippen molar-refractivity contribution in [3.05, 3.63) is 0 Å². The van der Waals surface area contributed by atoms with Gasteiger partial charge in [-0.1, -0.05) is 13.8 Å². The van der Waals surface area contributed by atoms with Gasteiger partial charge in [-0.2, -0.15) is 0 Å². The summed E-state index contributed by atoms with van der Waals surface area (Å²) in [5.74, 6) is 0.120. The molecular weight excluding hydrogens is 204 g/mol. The van der Waals surface area contributed by atoms with E-state index in [4.69, 9.17) is 5.11 Å². The third-order valence-electron chi connectivity index (χ3n) is 3.13. The van der Waals surface area contributed by atoms with Crippen molar-refractivity contribution in [1.82, 2.24) is 10.6 Å². The van der Waals surface area contributed by atoms with E-state index in [1.165, 1.54) is 0 Å². The molecule has 1 rings (SSSR count). The van der Waals surface area contributed by atoms with E-state index in [0.29, 0.717) is 6.54 Å². The Labute approximate surface area is 97.8 Å². The zero-order chi connectivity index (χ0) is 12.0. The van der Waals surface area contributed by atoms with Crippen LogP contribution in [0.4, 0.5) is 0 Å². The Morgan fingerprint density at radius 3 is 2.88 bits per heavy atom. The number of carbonyl (C=O) groups excluding carboxylic acids is 1. The molecule has 0 aliphatic carbocycles. The zero-order valence-electron chi connectivity index (χ0n) is 10.4. The number of aliphatic hydroxyl groups is 1. The van der Waals surface area contributed by atoms with Crippen LogP contribution in [0, 0.1) is 5.41 Å². The summed E-state index contributed by atoms with van der Waals surface area (Å²) in [6.45, 7) is 6.09. The Hall–Kier alpha value is -0.610. The molecule has 4 nitrogen and oxygen atoms in total. The van der Waals surface area contributed by atoms with Crippen LogP contribution in [0.3, 0.4) is 0 Å². The molecule has 1 saturated heterocycles. The van der Waals surface area contributed by atoms with Gasteiger partial charge in [0.05, 0.1) is 6.04 Å². The van der Waals surface area contributed by atoms with E-state index < -0.39 is 0 Å². The van der Waals surface area contributed by atoms with Gasteiger partial charge in [-0.05, 0) is 37.6 Å². The summed E-state index contributed by atoms with van der Waals surface area (Å²) < 4.78 is 0. The minimum atomic E-state index is 0.00800. The molecule has 4 heteroatoms. The van der Waals surface area contributed by atoms with Crippen molar-refractivity contribution in [3.8, 4) is 0 Å². The number of hydrogen-bond acceptors (Lipinski definition) is 3. The topological polar surface area (TPSA) is 61.4 Å². The van der Waals surface area contributed by atoms with Crippen LogP contribution in [0.5, 0.6) is 0 Å². The van der Waals surface area contributed by atoms with Gasteiger partial charge in [-0.15, -0.1) is 0 Å². The number of nitrogens with one attached hydrogen (secondary N) is 2. The Balaban J connectivity index is 2.24. The van der Waals surface area contributed by atoms with Crippen LogP contribution in [-0.4, -0.2) is 36.8 Å². The maximum atomic E-state index is 11.7. The van der Waals surface area contributed by atoms with Gasteiger partial charge in [0.25, 0.3) is 0 Å². The summed E-state index contributed by atoms with van der Waals surface area (Å²) in [4.78, 5) is 11.7. The average Bonchev–Trinajstić information content (AvgIpc) is 2.77. The lowest BCUT2D eigenvalue weighted by atomic mass is 9.88. The molecule has 0 aromatic carbocycles. The highest BCUT2D eigenvalue weighted by Gasteiger charge is 2.24. The number of amides is 1. The lowest BCUT2D eigenvalue weighted by Crippen LogP contribution is -2.43. The fourth-order valence-electron chi connectivity index (χ4n) is 2.00. The highest BCUT2D eigenvalue weighted by atomic mass is 16.2. The highest BCUT2D eigenvalue weighted by molar-refractivity contribution is 5.82. The molecule has 3 N–H and O–H groups in total. The van der Waals surface area contributed by atoms with Crippen LogP contribution < -0.4 is 10.6 Å². The molecule has 0 spiro atoms. The third-order valence-corrected chi connectivity index (χ3v) is 3.13. The van der Waals surface area contributed by atoms with Crippen molar-refractivity contribution in [3.63, 3.8) is 0 Å². The van der Waals surface area contributed by atoms with Crippen molar-refractivity contribution < 1.29 is 9.90 Å². The molecule has 0 bridgehead atoms. The molecule has 1 aliphatic rings. The largest absolute Gasteiger partial charge is 0.396 e. The Kier molecular flexibility index (Phi) is 5.22. The Morgan fingerprint density at radius 2 is 2.31 bits per heavy atom. The molecule has 1 heterocycles. The maximum absolute atomic E-state index is 11.7. The SMILES string of the molecule is CC(C)(CCCO)CNC(=O)C1CCCN1. The average molecular weight is 228 g/mol. The van der Waals surface area contributed by atoms with E-state index >= 15 is 0 Å². The van der Waals surface area contributed by atoms with Gasteiger partial charge >= 0.3 is 0 Å². The fraction of sp³-hybridized carbons (Fsp3) is 0.917. The molecule has 0 aromatic rings. The summed E-state index contributed by atoms with van der Waals surface area (Å²) in [7, 11) is 0. The van der Waals surface area contributed by atoms with E-state index in [1.807, 2.05) is 0 Å². The second-order valence-corrected chi connectivity index (χ2v) is 5.36. The zero-order valence-corrected chi connectivity index (χ0v) is 10.4. The standard InChI is InChI=1S/C12H24N2O2/c1-12(2,6-4-8-15)9-14-11(16)10-5-3-7-13-10/h10,13,15H,3-9H2,1-2H3,(H,14,16). The van der Waals surface area contributed by atoms with Gasteiger partial charge in [0.2, 0.25) is 5.91 Å². The first-order chi connectivity index (χ1) is 7.55. The first-order valence-corrected chi connectivity index (χ1v) is 6.17. The Bertz CT molecular complexity index is 223. The number of hydrogen-bond donors (Lipinski definition) is 3. The van der Waals surface area contributed by atoms with E-state index in [2.05, 4.69) is 24.5 Å². The Morgan fingerprint density at radius 1 is 1.56 bits per heavy atom.